The molecule has 0 aliphatic rings. The quantitative estimate of drug-likeness (QED) is 0.844. The third-order valence-corrected chi connectivity index (χ3v) is 3.52. The number of thiophene rings is 1. The molecule has 1 atom stereocenters. The van der Waals surface area contributed by atoms with Gasteiger partial charge in [-0.15, -0.1) is 0 Å². The molecule has 0 radical (unpaired) electrons. The van der Waals surface area contributed by atoms with E-state index in [1.54, 1.807) is 36.6 Å². The predicted molar refractivity (Wildman–Crippen MR) is 77.6 cm³/mol. The van der Waals surface area contributed by atoms with Crippen molar-refractivity contribution >= 4 is 22.9 Å². The lowest BCUT2D eigenvalue weighted by molar-refractivity contribution is 0.0939. The molecule has 3 N–H and O–H groups in total. The molecule has 5 heteroatoms. The number of rotatable bonds is 4. The van der Waals surface area contributed by atoms with Crippen molar-refractivity contribution in [3.63, 3.8) is 0 Å². The number of amides is 1. The maximum absolute atomic E-state index is 12.2. The molecule has 0 aliphatic heterocycles. The summed E-state index contributed by atoms with van der Waals surface area (Å²) in [5.74, 6) is 0.414. The minimum Gasteiger partial charge on any atom is -0.497 e. The fourth-order valence-electron chi connectivity index (χ4n) is 1.76. The van der Waals surface area contributed by atoms with E-state index in [0.717, 1.165) is 5.56 Å². The zero-order valence-electron chi connectivity index (χ0n) is 10.8. The number of carbonyl (C=O) groups is 1. The van der Waals surface area contributed by atoms with E-state index < -0.39 is 0 Å². The minimum absolute atomic E-state index is 0.0359. The number of nitrogen functional groups attached to an aromatic ring is 1. The number of ether oxygens (including phenoxy) is 1. The van der Waals surface area contributed by atoms with Crippen LogP contribution < -0.4 is 15.8 Å². The molecule has 0 fully saturated rings. The Hall–Kier alpha value is -2.01. The monoisotopic (exact) mass is 276 g/mol. The number of hydrogen-bond donors (Lipinski definition) is 2. The van der Waals surface area contributed by atoms with Crippen molar-refractivity contribution in [3.05, 3.63) is 46.2 Å². The number of carbonyl (C=O) groups excluding carboxylic acids is 1. The molecule has 100 valence electrons. The lowest BCUT2D eigenvalue weighted by atomic mass is 10.1. The Bertz CT molecular complexity index is 567. The fourth-order valence-corrected chi connectivity index (χ4v) is 2.51. The SMILES string of the molecule is COc1cc(N)cc(C(=O)NC(C)c2ccsc2)c1. The summed E-state index contributed by atoms with van der Waals surface area (Å²) >= 11 is 1.61. The van der Waals surface area contributed by atoms with Gasteiger partial charge in [-0.1, -0.05) is 0 Å². The maximum atomic E-state index is 12.2. The first-order valence-electron chi connectivity index (χ1n) is 5.87. The second kappa shape index (κ2) is 5.75. The number of nitrogens with one attached hydrogen (secondary N) is 1. The molecule has 2 aromatic rings. The predicted octanol–water partition coefficient (Wildman–Crippen LogP) is 2.83. The summed E-state index contributed by atoms with van der Waals surface area (Å²) in [7, 11) is 1.55. The molecule has 1 unspecified atom stereocenters. The van der Waals surface area contributed by atoms with Crippen LogP contribution in [-0.4, -0.2) is 13.0 Å². The van der Waals surface area contributed by atoms with Crippen LogP contribution in [0, 0.1) is 0 Å². The molecule has 1 amide bonds. The molecule has 19 heavy (non-hydrogen) atoms. The van der Waals surface area contributed by atoms with Gasteiger partial charge < -0.3 is 15.8 Å². The zero-order chi connectivity index (χ0) is 13.8. The van der Waals surface area contributed by atoms with Crippen molar-refractivity contribution < 1.29 is 9.53 Å². The summed E-state index contributed by atoms with van der Waals surface area (Å²) in [6.45, 7) is 1.95. The van der Waals surface area contributed by atoms with Crippen LogP contribution in [0.2, 0.25) is 0 Å². The molecule has 0 aliphatic carbocycles. The van der Waals surface area contributed by atoms with E-state index in [2.05, 4.69) is 5.32 Å². The molecule has 2 rings (SSSR count). The van der Waals surface area contributed by atoms with Crippen LogP contribution in [0.1, 0.15) is 28.9 Å². The Labute approximate surface area is 116 Å². The summed E-state index contributed by atoms with van der Waals surface area (Å²) in [6, 6.07) is 6.95. The van der Waals surface area contributed by atoms with Crippen LogP contribution in [-0.2, 0) is 0 Å². The van der Waals surface area contributed by atoms with E-state index in [-0.39, 0.29) is 11.9 Å². The van der Waals surface area contributed by atoms with Crippen LogP contribution >= 0.6 is 11.3 Å². The van der Waals surface area contributed by atoms with Gasteiger partial charge in [-0.25, -0.2) is 0 Å². The van der Waals surface area contributed by atoms with E-state index in [4.69, 9.17) is 10.5 Å². The smallest absolute Gasteiger partial charge is 0.251 e. The van der Waals surface area contributed by atoms with Gasteiger partial charge in [0.2, 0.25) is 0 Å². The van der Waals surface area contributed by atoms with Crippen LogP contribution in [0.3, 0.4) is 0 Å². The van der Waals surface area contributed by atoms with E-state index in [0.29, 0.717) is 17.0 Å². The third kappa shape index (κ3) is 3.26. The zero-order valence-corrected chi connectivity index (χ0v) is 11.7. The van der Waals surface area contributed by atoms with Crippen molar-refractivity contribution in [1.82, 2.24) is 5.32 Å². The molecule has 1 heterocycles. The number of hydrogen-bond acceptors (Lipinski definition) is 4. The highest BCUT2D eigenvalue weighted by atomic mass is 32.1. The van der Waals surface area contributed by atoms with Crippen molar-refractivity contribution in [2.45, 2.75) is 13.0 Å². The van der Waals surface area contributed by atoms with Gasteiger partial charge in [0.25, 0.3) is 5.91 Å². The van der Waals surface area contributed by atoms with Crippen LogP contribution in [0.5, 0.6) is 5.75 Å². The Morgan fingerprint density at radius 1 is 1.42 bits per heavy atom. The summed E-state index contributed by atoms with van der Waals surface area (Å²) in [4.78, 5) is 12.2. The average molecular weight is 276 g/mol. The van der Waals surface area contributed by atoms with Crippen molar-refractivity contribution in [2.75, 3.05) is 12.8 Å². The Morgan fingerprint density at radius 2 is 2.21 bits per heavy atom. The first-order valence-corrected chi connectivity index (χ1v) is 6.82. The number of benzene rings is 1. The van der Waals surface area contributed by atoms with Crippen molar-refractivity contribution in [1.29, 1.82) is 0 Å². The lowest BCUT2D eigenvalue weighted by Crippen LogP contribution is -2.26. The molecule has 0 saturated heterocycles. The van der Waals surface area contributed by atoms with Gasteiger partial charge in [-0.05, 0) is 41.4 Å². The highest BCUT2D eigenvalue weighted by molar-refractivity contribution is 7.07. The normalized spacial score (nSPS) is 11.9. The molecule has 0 bridgehead atoms. The highest BCUT2D eigenvalue weighted by Gasteiger charge is 2.13. The number of nitrogens with two attached hydrogens (primary N) is 1. The molecule has 0 saturated carbocycles. The molecular formula is C14H16N2O2S. The molecule has 4 nitrogen and oxygen atoms in total. The van der Waals surface area contributed by atoms with E-state index in [1.807, 2.05) is 23.8 Å². The second-order valence-corrected chi connectivity index (χ2v) is 5.03. The second-order valence-electron chi connectivity index (χ2n) is 4.25. The van der Waals surface area contributed by atoms with Crippen molar-refractivity contribution in [2.24, 2.45) is 0 Å². The van der Waals surface area contributed by atoms with Crippen LogP contribution in [0.25, 0.3) is 0 Å². The summed E-state index contributed by atoms with van der Waals surface area (Å²) < 4.78 is 5.10. The van der Waals surface area contributed by atoms with E-state index in [9.17, 15) is 4.79 Å². The first-order chi connectivity index (χ1) is 9.10. The topological polar surface area (TPSA) is 64.3 Å². The van der Waals surface area contributed by atoms with Gasteiger partial charge in [0.05, 0.1) is 13.2 Å². The summed E-state index contributed by atoms with van der Waals surface area (Å²) in [5, 5.41) is 6.94. The minimum atomic E-state index is -0.163. The fraction of sp³-hybridized carbons (Fsp3) is 0.214. The van der Waals surface area contributed by atoms with Gasteiger partial charge in [0, 0.05) is 17.3 Å². The van der Waals surface area contributed by atoms with Gasteiger partial charge >= 0.3 is 0 Å². The van der Waals surface area contributed by atoms with Gasteiger partial charge in [0.1, 0.15) is 5.75 Å². The maximum Gasteiger partial charge on any atom is 0.251 e. The summed E-state index contributed by atoms with van der Waals surface area (Å²) in [6.07, 6.45) is 0. The molecule has 1 aromatic carbocycles. The van der Waals surface area contributed by atoms with Gasteiger partial charge in [-0.3, -0.25) is 4.79 Å². The summed E-state index contributed by atoms with van der Waals surface area (Å²) in [5.41, 5.74) is 7.84. The Morgan fingerprint density at radius 3 is 2.84 bits per heavy atom. The Kier molecular flexibility index (Phi) is 4.06. The van der Waals surface area contributed by atoms with Crippen molar-refractivity contribution in [3.8, 4) is 5.75 Å². The van der Waals surface area contributed by atoms with E-state index in [1.165, 1.54) is 0 Å². The number of methoxy groups -OCH3 is 1. The van der Waals surface area contributed by atoms with Crippen LogP contribution in [0.15, 0.2) is 35.0 Å². The molecular weight excluding hydrogens is 260 g/mol. The van der Waals surface area contributed by atoms with Gasteiger partial charge in [0.15, 0.2) is 0 Å². The molecule has 1 aromatic heterocycles. The first kappa shape index (κ1) is 13.4. The Balaban J connectivity index is 2.13. The third-order valence-electron chi connectivity index (χ3n) is 2.82. The standard InChI is InChI=1S/C14H16N2O2S/c1-9(10-3-4-19-8-10)16-14(17)11-5-12(15)7-13(6-11)18-2/h3-9H,15H2,1-2H3,(H,16,17). The van der Waals surface area contributed by atoms with E-state index >= 15 is 0 Å². The van der Waals surface area contributed by atoms with Crippen LogP contribution in [0.4, 0.5) is 5.69 Å². The number of anilines is 1. The highest BCUT2D eigenvalue weighted by Crippen LogP contribution is 2.20. The molecule has 0 spiro atoms. The lowest BCUT2D eigenvalue weighted by Gasteiger charge is -2.13. The van der Waals surface area contributed by atoms with Gasteiger partial charge in [-0.2, -0.15) is 11.3 Å². The largest absolute Gasteiger partial charge is 0.497 e. The average Bonchev–Trinajstić information content (AvgIpc) is 2.91.